The van der Waals surface area contributed by atoms with E-state index in [2.05, 4.69) is 32.3 Å². The molecule has 1 aliphatic rings. The van der Waals surface area contributed by atoms with Crippen molar-refractivity contribution in [1.82, 2.24) is 20.2 Å². The van der Waals surface area contributed by atoms with Gasteiger partial charge in [0.2, 0.25) is 0 Å². The standard InChI is InChI=1S/C19H27N5O2/c1-2-26-18-6-4-17(5-7-18)23-10-3-11-24(13-12-23)19(25)21-9-8-16-14-20-15-22-16/h4-7,14-15H,2-3,8-13H2,1H3,(H,20,22)(H,21,25). The summed E-state index contributed by atoms with van der Waals surface area (Å²) < 4.78 is 5.50. The number of nitrogens with zero attached hydrogens (tertiary/aromatic N) is 3. The molecule has 1 saturated heterocycles. The second-order valence-corrected chi connectivity index (χ2v) is 6.30. The molecular formula is C19H27N5O2. The van der Waals surface area contributed by atoms with Crippen LogP contribution in [0, 0.1) is 0 Å². The third-order valence-corrected chi connectivity index (χ3v) is 4.51. The van der Waals surface area contributed by atoms with E-state index in [-0.39, 0.29) is 6.03 Å². The Bertz CT molecular complexity index is 672. The van der Waals surface area contributed by atoms with Gasteiger partial charge in [0.25, 0.3) is 0 Å². The van der Waals surface area contributed by atoms with Crippen molar-refractivity contribution in [3.63, 3.8) is 0 Å². The molecule has 0 bridgehead atoms. The van der Waals surface area contributed by atoms with E-state index < -0.39 is 0 Å². The Labute approximate surface area is 154 Å². The number of H-pyrrole nitrogens is 1. The maximum atomic E-state index is 12.4. The Morgan fingerprint density at radius 1 is 1.23 bits per heavy atom. The van der Waals surface area contributed by atoms with Crippen LogP contribution in [0.2, 0.25) is 0 Å². The highest BCUT2D eigenvalue weighted by molar-refractivity contribution is 5.74. The molecule has 0 unspecified atom stereocenters. The van der Waals surface area contributed by atoms with Crippen LogP contribution in [0.1, 0.15) is 19.0 Å². The molecule has 7 heteroatoms. The summed E-state index contributed by atoms with van der Waals surface area (Å²) in [6.07, 6.45) is 5.20. The second kappa shape index (κ2) is 9.12. The van der Waals surface area contributed by atoms with Crippen molar-refractivity contribution >= 4 is 11.7 Å². The van der Waals surface area contributed by atoms with Crippen molar-refractivity contribution in [2.75, 3.05) is 44.2 Å². The van der Waals surface area contributed by atoms with Crippen LogP contribution < -0.4 is 15.0 Å². The molecule has 2 heterocycles. The SMILES string of the molecule is CCOc1ccc(N2CCCN(C(=O)NCCc3c[nH]cn3)CC2)cc1. The van der Waals surface area contributed by atoms with Gasteiger partial charge in [-0.3, -0.25) is 0 Å². The molecule has 140 valence electrons. The Morgan fingerprint density at radius 2 is 2.08 bits per heavy atom. The van der Waals surface area contributed by atoms with Gasteiger partial charge >= 0.3 is 6.03 Å². The Morgan fingerprint density at radius 3 is 2.81 bits per heavy atom. The van der Waals surface area contributed by atoms with E-state index in [1.165, 1.54) is 5.69 Å². The van der Waals surface area contributed by atoms with Gasteiger partial charge in [0.1, 0.15) is 5.75 Å². The molecule has 3 rings (SSSR count). The first-order valence-corrected chi connectivity index (χ1v) is 9.24. The lowest BCUT2D eigenvalue weighted by Crippen LogP contribution is -2.42. The molecule has 0 aliphatic carbocycles. The van der Waals surface area contributed by atoms with Crippen LogP contribution in [-0.2, 0) is 6.42 Å². The number of carbonyl (C=O) groups is 1. The number of nitrogens with one attached hydrogen (secondary N) is 2. The van der Waals surface area contributed by atoms with Crippen LogP contribution in [0.25, 0.3) is 0 Å². The lowest BCUT2D eigenvalue weighted by molar-refractivity contribution is 0.201. The number of urea groups is 1. The highest BCUT2D eigenvalue weighted by Gasteiger charge is 2.19. The summed E-state index contributed by atoms with van der Waals surface area (Å²) in [5, 5.41) is 2.99. The maximum absolute atomic E-state index is 12.4. The van der Waals surface area contributed by atoms with E-state index in [1.807, 2.05) is 30.2 Å². The molecule has 2 N–H and O–H groups in total. The highest BCUT2D eigenvalue weighted by atomic mass is 16.5. The normalized spacial score (nSPS) is 14.8. The summed E-state index contributed by atoms with van der Waals surface area (Å²) in [6.45, 7) is 6.54. The van der Waals surface area contributed by atoms with Crippen molar-refractivity contribution < 1.29 is 9.53 Å². The number of aromatic amines is 1. The zero-order chi connectivity index (χ0) is 18.2. The Hall–Kier alpha value is -2.70. The molecular weight excluding hydrogens is 330 g/mol. The number of benzene rings is 1. The summed E-state index contributed by atoms with van der Waals surface area (Å²) in [4.78, 5) is 23.7. The molecule has 0 atom stereocenters. The van der Waals surface area contributed by atoms with Crippen LogP contribution in [0.4, 0.5) is 10.5 Å². The maximum Gasteiger partial charge on any atom is 0.317 e. The van der Waals surface area contributed by atoms with Crippen LogP contribution >= 0.6 is 0 Å². The van der Waals surface area contributed by atoms with E-state index in [1.54, 1.807) is 6.33 Å². The quantitative estimate of drug-likeness (QED) is 0.832. The Balaban J connectivity index is 1.47. The van der Waals surface area contributed by atoms with Gasteiger partial charge in [0, 0.05) is 51.0 Å². The molecule has 7 nitrogen and oxygen atoms in total. The van der Waals surface area contributed by atoms with Crippen LogP contribution in [-0.4, -0.2) is 60.2 Å². The first kappa shape index (κ1) is 18.1. The Kier molecular flexibility index (Phi) is 6.35. The average molecular weight is 357 g/mol. The van der Waals surface area contributed by atoms with Crippen molar-refractivity contribution in [2.24, 2.45) is 0 Å². The molecule has 1 aliphatic heterocycles. The fourth-order valence-electron chi connectivity index (χ4n) is 3.14. The third-order valence-electron chi connectivity index (χ3n) is 4.51. The molecule has 2 amide bonds. The van der Waals surface area contributed by atoms with Crippen molar-refractivity contribution in [3.8, 4) is 5.75 Å². The van der Waals surface area contributed by atoms with Gasteiger partial charge in [-0.05, 0) is 37.6 Å². The summed E-state index contributed by atoms with van der Waals surface area (Å²) in [7, 11) is 0. The topological polar surface area (TPSA) is 73.5 Å². The minimum Gasteiger partial charge on any atom is -0.494 e. The second-order valence-electron chi connectivity index (χ2n) is 6.30. The van der Waals surface area contributed by atoms with E-state index >= 15 is 0 Å². The van der Waals surface area contributed by atoms with E-state index in [0.29, 0.717) is 13.2 Å². The molecule has 26 heavy (non-hydrogen) atoms. The lowest BCUT2D eigenvalue weighted by Gasteiger charge is -2.24. The van der Waals surface area contributed by atoms with Gasteiger partial charge in [0.15, 0.2) is 0 Å². The summed E-state index contributed by atoms with van der Waals surface area (Å²) in [5.74, 6) is 0.893. The molecule has 1 aromatic heterocycles. The van der Waals surface area contributed by atoms with Crippen molar-refractivity contribution in [1.29, 1.82) is 0 Å². The molecule has 2 aromatic rings. The largest absolute Gasteiger partial charge is 0.494 e. The number of hydrogen-bond donors (Lipinski definition) is 2. The van der Waals surface area contributed by atoms with Gasteiger partial charge in [-0.1, -0.05) is 0 Å². The fraction of sp³-hybridized carbons (Fsp3) is 0.474. The zero-order valence-electron chi connectivity index (χ0n) is 15.3. The van der Waals surface area contributed by atoms with E-state index in [9.17, 15) is 4.79 Å². The zero-order valence-corrected chi connectivity index (χ0v) is 15.3. The number of carbonyl (C=O) groups excluding carboxylic acids is 1. The van der Waals surface area contributed by atoms with Crippen LogP contribution in [0.15, 0.2) is 36.8 Å². The number of ether oxygens (including phenoxy) is 1. The molecule has 1 aromatic carbocycles. The number of hydrogen-bond acceptors (Lipinski definition) is 4. The van der Waals surface area contributed by atoms with Gasteiger partial charge in [0.05, 0.1) is 18.6 Å². The van der Waals surface area contributed by atoms with Crippen molar-refractivity contribution in [3.05, 3.63) is 42.5 Å². The highest BCUT2D eigenvalue weighted by Crippen LogP contribution is 2.20. The number of anilines is 1. The minimum atomic E-state index is 0.00841. The third kappa shape index (κ3) is 4.91. The minimum absolute atomic E-state index is 0.00841. The molecule has 1 fully saturated rings. The fourth-order valence-corrected chi connectivity index (χ4v) is 3.14. The first-order valence-electron chi connectivity index (χ1n) is 9.24. The predicted molar refractivity (Wildman–Crippen MR) is 102 cm³/mol. The van der Waals surface area contributed by atoms with E-state index in [4.69, 9.17) is 4.74 Å². The monoisotopic (exact) mass is 357 g/mol. The number of rotatable bonds is 6. The summed E-state index contributed by atoms with van der Waals surface area (Å²) in [6, 6.07) is 8.19. The summed E-state index contributed by atoms with van der Waals surface area (Å²) >= 11 is 0. The number of amides is 2. The smallest absolute Gasteiger partial charge is 0.317 e. The van der Waals surface area contributed by atoms with Gasteiger partial charge in [-0.25, -0.2) is 9.78 Å². The lowest BCUT2D eigenvalue weighted by atomic mass is 10.2. The molecule has 0 saturated carbocycles. The van der Waals surface area contributed by atoms with Gasteiger partial charge in [-0.2, -0.15) is 0 Å². The van der Waals surface area contributed by atoms with Crippen molar-refractivity contribution in [2.45, 2.75) is 19.8 Å². The summed E-state index contributed by atoms with van der Waals surface area (Å²) in [5.41, 5.74) is 2.14. The molecule has 0 radical (unpaired) electrons. The predicted octanol–water partition coefficient (Wildman–Crippen LogP) is 2.27. The average Bonchev–Trinajstić information content (AvgIpc) is 3.05. The van der Waals surface area contributed by atoms with Gasteiger partial charge < -0.3 is 24.8 Å². The van der Waals surface area contributed by atoms with Crippen LogP contribution in [0.3, 0.4) is 0 Å². The van der Waals surface area contributed by atoms with Gasteiger partial charge in [-0.15, -0.1) is 0 Å². The first-order chi connectivity index (χ1) is 12.8. The van der Waals surface area contributed by atoms with E-state index in [0.717, 1.165) is 50.5 Å². The molecule has 0 spiro atoms. The number of imidazole rings is 1. The number of aromatic nitrogens is 2. The van der Waals surface area contributed by atoms with Crippen LogP contribution in [0.5, 0.6) is 5.75 Å².